The van der Waals surface area contributed by atoms with Crippen LogP contribution in [0.15, 0.2) is 99.9 Å². The molecule has 0 amide bonds. The molecule has 1 saturated carbocycles. The molecular formula is C28H35Cl2N5OS2. The number of guanidine groups is 1. The van der Waals surface area contributed by atoms with Crippen LogP contribution in [0.2, 0.25) is 10.0 Å². The average molecular weight is 593 g/mol. The number of benzene rings is 3. The second-order valence-corrected chi connectivity index (χ2v) is 10.0. The van der Waals surface area contributed by atoms with Gasteiger partial charge < -0.3 is 0 Å². The largest absolute Gasteiger partial charge is 0.281 e. The number of halogens is 2. The summed E-state index contributed by atoms with van der Waals surface area (Å²) in [6.07, 6.45) is 4.09. The van der Waals surface area contributed by atoms with E-state index in [0.29, 0.717) is 27.4 Å². The highest BCUT2D eigenvalue weighted by Crippen LogP contribution is 2.24. The Morgan fingerprint density at radius 3 is 1.92 bits per heavy atom. The van der Waals surface area contributed by atoms with Crippen molar-refractivity contribution in [2.24, 2.45) is 15.2 Å². The van der Waals surface area contributed by atoms with Crippen LogP contribution in [-0.2, 0) is 11.0 Å². The molecular weight excluding hydrogens is 557 g/mol. The van der Waals surface area contributed by atoms with Gasteiger partial charge in [-0.2, -0.15) is 5.10 Å². The molecule has 10 heteroatoms. The van der Waals surface area contributed by atoms with Gasteiger partial charge in [-0.15, -0.1) is 12.8 Å². The molecule has 0 aromatic heterocycles. The van der Waals surface area contributed by atoms with E-state index in [1.807, 2.05) is 79.5 Å². The molecule has 0 bridgehead atoms. The van der Waals surface area contributed by atoms with Gasteiger partial charge in [0.2, 0.25) is 5.96 Å². The van der Waals surface area contributed by atoms with Gasteiger partial charge in [0.1, 0.15) is 0 Å². The van der Waals surface area contributed by atoms with Crippen molar-refractivity contribution in [2.75, 3.05) is 6.54 Å². The van der Waals surface area contributed by atoms with E-state index in [1.165, 1.54) is 6.42 Å². The standard InChI is InChI=1S/C20H20Cl2N4OS.C6H6.C2H6.H3NS/c21-15-6-4-14(5-7-15)19-12-13-26(24-19)20(23-17-2-1-3-17)25-28(27)18-10-8-16(22)9-11-18;1-2-4-6-5-3-1;2*1-2/h4-11,17H,1-3,12-13H2,(H,23,25);1-6H;1-2H3;2H,1H2. The predicted octanol–water partition coefficient (Wildman–Crippen LogP) is 7.13. The highest BCUT2D eigenvalue weighted by Gasteiger charge is 2.25. The second-order valence-electron chi connectivity index (χ2n) is 7.94. The highest BCUT2D eigenvalue weighted by atomic mass is 35.5. The molecule has 1 heterocycles. The van der Waals surface area contributed by atoms with Gasteiger partial charge >= 0.3 is 0 Å². The Morgan fingerprint density at radius 1 is 0.947 bits per heavy atom. The number of nitrogens with two attached hydrogens (primary N) is 1. The van der Waals surface area contributed by atoms with E-state index in [0.717, 1.165) is 30.5 Å². The van der Waals surface area contributed by atoms with Gasteiger partial charge in [-0.1, -0.05) is 85.6 Å². The number of rotatable bonds is 4. The number of nitrogens with zero attached hydrogens (tertiary/aromatic N) is 3. The minimum atomic E-state index is -1.44. The first kappa shape index (κ1) is 31.9. The van der Waals surface area contributed by atoms with Crippen molar-refractivity contribution in [2.45, 2.75) is 50.5 Å². The molecule has 1 atom stereocenters. The Kier molecular flexibility index (Phi) is 15.1. The molecule has 204 valence electrons. The zero-order chi connectivity index (χ0) is 27.8. The fourth-order valence-electron chi connectivity index (χ4n) is 3.37. The maximum Gasteiger partial charge on any atom is 0.227 e. The van der Waals surface area contributed by atoms with Crippen LogP contribution in [0.3, 0.4) is 0 Å². The van der Waals surface area contributed by atoms with Crippen molar-refractivity contribution >= 4 is 58.7 Å². The molecule has 1 aliphatic heterocycles. The summed E-state index contributed by atoms with van der Waals surface area (Å²) in [5.74, 6) is 0.557. The minimum absolute atomic E-state index is 0.263. The van der Waals surface area contributed by atoms with E-state index >= 15 is 0 Å². The normalized spacial score (nSPS) is 15.3. The van der Waals surface area contributed by atoms with Crippen molar-refractivity contribution in [1.82, 2.24) is 9.73 Å². The van der Waals surface area contributed by atoms with E-state index in [1.54, 1.807) is 24.3 Å². The van der Waals surface area contributed by atoms with E-state index in [2.05, 4.69) is 22.7 Å². The molecule has 3 aromatic rings. The number of hydrazone groups is 1. The summed E-state index contributed by atoms with van der Waals surface area (Å²) in [5.41, 5.74) is 2.01. The van der Waals surface area contributed by atoms with E-state index in [4.69, 9.17) is 33.3 Å². The highest BCUT2D eigenvalue weighted by molar-refractivity contribution is 7.83. The van der Waals surface area contributed by atoms with Gasteiger partial charge in [0.25, 0.3) is 0 Å². The molecule has 0 saturated heterocycles. The molecule has 3 N–H and O–H groups in total. The lowest BCUT2D eigenvalue weighted by Gasteiger charge is -2.25. The summed E-state index contributed by atoms with van der Waals surface area (Å²) < 4.78 is 15.8. The van der Waals surface area contributed by atoms with Gasteiger partial charge in [-0.25, -0.2) is 14.2 Å². The molecule has 38 heavy (non-hydrogen) atoms. The van der Waals surface area contributed by atoms with Gasteiger partial charge in [-0.05, 0) is 61.2 Å². The fourth-order valence-corrected chi connectivity index (χ4v) is 4.45. The van der Waals surface area contributed by atoms with Crippen LogP contribution in [0.4, 0.5) is 0 Å². The first-order chi connectivity index (χ1) is 18.6. The molecule has 1 unspecified atom stereocenters. The van der Waals surface area contributed by atoms with Crippen LogP contribution < -0.4 is 9.86 Å². The Hall–Kier alpha value is -2.36. The number of hydrogen-bond donors (Lipinski definition) is 3. The maximum atomic E-state index is 12.8. The summed E-state index contributed by atoms with van der Waals surface area (Å²) >= 11 is 14.9. The topological polar surface area (TPSA) is 83.1 Å². The fraction of sp³-hybridized carbons (Fsp3) is 0.286. The van der Waals surface area contributed by atoms with Gasteiger partial charge in [0, 0.05) is 16.5 Å². The van der Waals surface area contributed by atoms with Crippen LogP contribution >= 0.6 is 36.0 Å². The summed E-state index contributed by atoms with van der Waals surface area (Å²) in [6, 6.07) is 26.9. The molecule has 0 spiro atoms. The summed E-state index contributed by atoms with van der Waals surface area (Å²) in [5, 5.41) is 12.0. The number of nitrogens with one attached hydrogen (secondary N) is 1. The van der Waals surface area contributed by atoms with E-state index < -0.39 is 11.0 Å². The quantitative estimate of drug-likeness (QED) is 0.171. The molecule has 1 fully saturated rings. The smallest absolute Gasteiger partial charge is 0.227 e. The number of aliphatic imine (C=N–C) groups is 1. The van der Waals surface area contributed by atoms with Crippen molar-refractivity contribution in [3.05, 3.63) is 101 Å². The van der Waals surface area contributed by atoms with Gasteiger partial charge in [0.05, 0.1) is 23.2 Å². The van der Waals surface area contributed by atoms with Gasteiger partial charge in [0.15, 0.2) is 11.0 Å². The number of hydrogen-bond acceptors (Lipinski definition) is 5. The molecule has 3 aromatic carbocycles. The molecule has 2 aliphatic rings. The Balaban J connectivity index is 0.000000435. The lowest BCUT2D eigenvalue weighted by atomic mass is 9.94. The Labute approximate surface area is 244 Å². The van der Waals surface area contributed by atoms with Crippen molar-refractivity contribution in [1.29, 1.82) is 0 Å². The third-order valence-electron chi connectivity index (χ3n) is 5.48. The lowest BCUT2D eigenvalue weighted by Crippen LogP contribution is -2.39. The monoisotopic (exact) mass is 591 g/mol. The maximum absolute atomic E-state index is 12.8. The summed E-state index contributed by atoms with van der Waals surface area (Å²) in [7, 11) is -1.44. The minimum Gasteiger partial charge on any atom is -0.281 e. The van der Waals surface area contributed by atoms with Crippen molar-refractivity contribution in [3.8, 4) is 0 Å². The average Bonchev–Trinajstić information content (AvgIpc) is 3.44. The van der Waals surface area contributed by atoms with Crippen molar-refractivity contribution in [3.63, 3.8) is 0 Å². The Morgan fingerprint density at radius 2 is 1.45 bits per heavy atom. The zero-order valence-electron chi connectivity index (χ0n) is 21.6. The van der Waals surface area contributed by atoms with Crippen molar-refractivity contribution < 1.29 is 4.21 Å². The predicted molar refractivity (Wildman–Crippen MR) is 166 cm³/mol. The van der Waals surface area contributed by atoms with Crippen LogP contribution in [-0.4, -0.2) is 33.5 Å². The third kappa shape index (κ3) is 10.4. The zero-order valence-corrected chi connectivity index (χ0v) is 24.9. The first-order valence-corrected chi connectivity index (χ1v) is 14.9. The van der Waals surface area contributed by atoms with Crippen LogP contribution in [0.25, 0.3) is 0 Å². The van der Waals surface area contributed by atoms with E-state index in [9.17, 15) is 4.21 Å². The lowest BCUT2D eigenvalue weighted by molar-refractivity contribution is 0.403. The summed E-state index contributed by atoms with van der Waals surface area (Å²) in [4.78, 5) is 5.42. The second kappa shape index (κ2) is 18.0. The van der Waals surface area contributed by atoms with Crippen LogP contribution in [0.1, 0.15) is 45.1 Å². The van der Waals surface area contributed by atoms with Crippen LogP contribution in [0, 0.1) is 0 Å². The first-order valence-electron chi connectivity index (χ1n) is 12.5. The SMILES string of the molecule is CC.NS.O=S(NC(=NC1CCC1)N1CCC(c2ccc(Cl)cc2)=N1)c1ccc(Cl)cc1.c1ccccc1. The summed E-state index contributed by atoms with van der Waals surface area (Å²) in [6.45, 7) is 4.69. The Bertz CT molecular complexity index is 1130. The molecule has 1 aliphatic carbocycles. The van der Waals surface area contributed by atoms with Crippen LogP contribution in [0.5, 0.6) is 0 Å². The van der Waals surface area contributed by atoms with E-state index in [-0.39, 0.29) is 6.04 Å². The van der Waals surface area contributed by atoms with Gasteiger partial charge in [-0.3, -0.25) is 9.86 Å². The molecule has 5 rings (SSSR count). The number of thiol groups is 1. The third-order valence-corrected chi connectivity index (χ3v) is 7.05. The molecule has 6 nitrogen and oxygen atoms in total. The molecule has 0 radical (unpaired) electrons.